The standard InChI is InChI=1S/C10H16N2O/c1-2-10(1)12-5-4-11-7-9-3-6-13-8-9/h3,6,8,10-12H,1-2,4-5,7H2. The zero-order valence-electron chi connectivity index (χ0n) is 7.75. The third-order valence-corrected chi connectivity index (χ3v) is 2.22. The largest absolute Gasteiger partial charge is 0.472 e. The number of hydrogen-bond acceptors (Lipinski definition) is 3. The highest BCUT2D eigenvalue weighted by atomic mass is 16.3. The molecule has 0 aliphatic heterocycles. The monoisotopic (exact) mass is 180 g/mol. The first-order valence-electron chi connectivity index (χ1n) is 4.90. The van der Waals surface area contributed by atoms with E-state index < -0.39 is 0 Å². The molecule has 0 saturated heterocycles. The van der Waals surface area contributed by atoms with Gasteiger partial charge >= 0.3 is 0 Å². The lowest BCUT2D eigenvalue weighted by Gasteiger charge is -2.03. The molecule has 2 rings (SSSR count). The Morgan fingerprint density at radius 2 is 2.31 bits per heavy atom. The number of hydrogen-bond donors (Lipinski definition) is 2. The van der Waals surface area contributed by atoms with E-state index in [9.17, 15) is 0 Å². The lowest BCUT2D eigenvalue weighted by atomic mass is 10.3. The highest BCUT2D eigenvalue weighted by Crippen LogP contribution is 2.17. The van der Waals surface area contributed by atoms with Crippen LogP contribution in [0.3, 0.4) is 0 Å². The average Bonchev–Trinajstić information content (AvgIpc) is 2.81. The van der Waals surface area contributed by atoms with Crippen LogP contribution in [0.1, 0.15) is 18.4 Å². The number of furan rings is 1. The van der Waals surface area contributed by atoms with Crippen LogP contribution >= 0.6 is 0 Å². The van der Waals surface area contributed by atoms with E-state index in [1.54, 1.807) is 12.5 Å². The molecule has 0 atom stereocenters. The quantitative estimate of drug-likeness (QED) is 0.644. The first kappa shape index (κ1) is 8.78. The van der Waals surface area contributed by atoms with Crippen LogP contribution in [0.5, 0.6) is 0 Å². The average molecular weight is 180 g/mol. The second-order valence-corrected chi connectivity index (χ2v) is 3.54. The van der Waals surface area contributed by atoms with E-state index in [1.807, 2.05) is 6.07 Å². The van der Waals surface area contributed by atoms with Gasteiger partial charge in [-0.05, 0) is 18.9 Å². The summed E-state index contributed by atoms with van der Waals surface area (Å²) in [4.78, 5) is 0. The number of nitrogens with one attached hydrogen (secondary N) is 2. The molecular weight excluding hydrogens is 164 g/mol. The van der Waals surface area contributed by atoms with E-state index in [2.05, 4.69) is 10.6 Å². The van der Waals surface area contributed by atoms with E-state index in [0.717, 1.165) is 25.7 Å². The van der Waals surface area contributed by atoms with Crippen molar-refractivity contribution >= 4 is 0 Å². The minimum absolute atomic E-state index is 0.815. The van der Waals surface area contributed by atoms with Gasteiger partial charge in [0, 0.05) is 31.2 Å². The molecule has 0 unspecified atom stereocenters. The fraction of sp³-hybridized carbons (Fsp3) is 0.600. The Bertz CT molecular complexity index is 229. The van der Waals surface area contributed by atoms with E-state index in [4.69, 9.17) is 4.42 Å². The highest BCUT2D eigenvalue weighted by Gasteiger charge is 2.19. The SMILES string of the molecule is c1cc(CNCCNC2CC2)co1. The smallest absolute Gasteiger partial charge is 0.0947 e. The van der Waals surface area contributed by atoms with Crippen molar-refractivity contribution in [2.24, 2.45) is 0 Å². The molecule has 0 radical (unpaired) electrons. The van der Waals surface area contributed by atoms with Crippen molar-refractivity contribution in [2.45, 2.75) is 25.4 Å². The molecule has 72 valence electrons. The van der Waals surface area contributed by atoms with Crippen molar-refractivity contribution in [3.05, 3.63) is 24.2 Å². The molecule has 1 aliphatic rings. The first-order valence-corrected chi connectivity index (χ1v) is 4.90. The molecule has 1 saturated carbocycles. The van der Waals surface area contributed by atoms with E-state index in [-0.39, 0.29) is 0 Å². The van der Waals surface area contributed by atoms with Crippen molar-refractivity contribution in [1.82, 2.24) is 10.6 Å². The van der Waals surface area contributed by atoms with Crippen LogP contribution in [0.25, 0.3) is 0 Å². The van der Waals surface area contributed by atoms with E-state index in [1.165, 1.54) is 18.4 Å². The Morgan fingerprint density at radius 1 is 1.38 bits per heavy atom. The van der Waals surface area contributed by atoms with Gasteiger partial charge in [0.15, 0.2) is 0 Å². The summed E-state index contributed by atoms with van der Waals surface area (Å²) in [5.41, 5.74) is 1.21. The molecule has 0 spiro atoms. The third-order valence-electron chi connectivity index (χ3n) is 2.22. The maximum Gasteiger partial charge on any atom is 0.0947 e. The Balaban J connectivity index is 1.48. The van der Waals surface area contributed by atoms with Crippen LogP contribution in [-0.2, 0) is 6.54 Å². The van der Waals surface area contributed by atoms with Gasteiger partial charge in [-0.2, -0.15) is 0 Å². The summed E-state index contributed by atoms with van der Waals surface area (Å²) in [6, 6.07) is 2.80. The Hall–Kier alpha value is -0.800. The van der Waals surface area contributed by atoms with Gasteiger partial charge in [0.1, 0.15) is 0 Å². The Labute approximate surface area is 78.5 Å². The summed E-state index contributed by atoms with van der Waals surface area (Å²) in [7, 11) is 0. The zero-order valence-corrected chi connectivity index (χ0v) is 7.75. The molecule has 0 amide bonds. The fourth-order valence-electron chi connectivity index (χ4n) is 1.28. The fourth-order valence-corrected chi connectivity index (χ4v) is 1.28. The summed E-state index contributed by atoms with van der Waals surface area (Å²) in [5, 5.41) is 6.80. The van der Waals surface area contributed by atoms with Gasteiger partial charge in [0.25, 0.3) is 0 Å². The van der Waals surface area contributed by atoms with Crippen LogP contribution in [0.4, 0.5) is 0 Å². The molecule has 1 aromatic heterocycles. The molecule has 2 N–H and O–H groups in total. The van der Waals surface area contributed by atoms with E-state index >= 15 is 0 Å². The summed E-state index contributed by atoms with van der Waals surface area (Å²) in [6.45, 7) is 3.01. The van der Waals surface area contributed by atoms with Gasteiger partial charge < -0.3 is 15.1 Å². The predicted octanol–water partition coefficient (Wildman–Crippen LogP) is 1.12. The van der Waals surface area contributed by atoms with Crippen LogP contribution in [0, 0.1) is 0 Å². The molecule has 1 fully saturated rings. The van der Waals surface area contributed by atoms with Crippen molar-refractivity contribution < 1.29 is 4.42 Å². The summed E-state index contributed by atoms with van der Waals surface area (Å²) >= 11 is 0. The van der Waals surface area contributed by atoms with Crippen molar-refractivity contribution in [2.75, 3.05) is 13.1 Å². The van der Waals surface area contributed by atoms with E-state index in [0.29, 0.717) is 0 Å². The van der Waals surface area contributed by atoms with Crippen LogP contribution in [0.15, 0.2) is 23.0 Å². The molecule has 3 heteroatoms. The number of rotatable bonds is 6. The lowest BCUT2D eigenvalue weighted by Crippen LogP contribution is -2.28. The van der Waals surface area contributed by atoms with Crippen LogP contribution in [-0.4, -0.2) is 19.1 Å². The van der Waals surface area contributed by atoms with Crippen molar-refractivity contribution in [3.63, 3.8) is 0 Å². The van der Waals surface area contributed by atoms with Gasteiger partial charge in [-0.3, -0.25) is 0 Å². The second kappa shape index (κ2) is 4.44. The molecule has 0 aromatic carbocycles. The van der Waals surface area contributed by atoms with Crippen molar-refractivity contribution in [3.8, 4) is 0 Å². The summed E-state index contributed by atoms with van der Waals surface area (Å²) in [6.07, 6.45) is 6.21. The lowest BCUT2D eigenvalue weighted by molar-refractivity contribution is 0.558. The zero-order chi connectivity index (χ0) is 8.93. The minimum atomic E-state index is 0.815. The van der Waals surface area contributed by atoms with Gasteiger partial charge in [0.2, 0.25) is 0 Å². The molecule has 13 heavy (non-hydrogen) atoms. The van der Waals surface area contributed by atoms with Crippen LogP contribution in [0.2, 0.25) is 0 Å². The maximum absolute atomic E-state index is 4.96. The maximum atomic E-state index is 4.96. The van der Waals surface area contributed by atoms with Crippen LogP contribution < -0.4 is 10.6 Å². The van der Waals surface area contributed by atoms with Gasteiger partial charge in [-0.25, -0.2) is 0 Å². The Morgan fingerprint density at radius 3 is 3.00 bits per heavy atom. The summed E-state index contributed by atoms with van der Waals surface area (Å²) < 4.78 is 4.96. The normalized spacial score (nSPS) is 16.3. The molecular formula is C10H16N2O. The second-order valence-electron chi connectivity index (χ2n) is 3.54. The molecule has 1 heterocycles. The first-order chi connectivity index (χ1) is 6.45. The molecule has 1 aliphatic carbocycles. The van der Waals surface area contributed by atoms with Gasteiger partial charge in [-0.15, -0.1) is 0 Å². The molecule has 1 aromatic rings. The highest BCUT2D eigenvalue weighted by molar-refractivity contribution is 5.04. The molecule has 0 bridgehead atoms. The molecule has 3 nitrogen and oxygen atoms in total. The van der Waals surface area contributed by atoms with Gasteiger partial charge in [0.05, 0.1) is 12.5 Å². The third kappa shape index (κ3) is 3.20. The summed E-state index contributed by atoms with van der Waals surface area (Å²) in [5.74, 6) is 0. The van der Waals surface area contributed by atoms with Gasteiger partial charge in [-0.1, -0.05) is 0 Å². The Kier molecular flexibility index (Phi) is 3.00. The topological polar surface area (TPSA) is 37.2 Å². The van der Waals surface area contributed by atoms with Crippen molar-refractivity contribution in [1.29, 1.82) is 0 Å². The predicted molar refractivity (Wildman–Crippen MR) is 51.4 cm³/mol. The minimum Gasteiger partial charge on any atom is -0.472 e.